The smallest absolute Gasteiger partial charge is 0.276 e. The highest BCUT2D eigenvalue weighted by atomic mass is 16.5. The lowest BCUT2D eigenvalue weighted by atomic mass is 9.92. The fourth-order valence-corrected chi connectivity index (χ4v) is 3.61. The van der Waals surface area contributed by atoms with Gasteiger partial charge in [0.15, 0.2) is 11.5 Å². The van der Waals surface area contributed by atoms with Gasteiger partial charge < -0.3 is 14.2 Å². The summed E-state index contributed by atoms with van der Waals surface area (Å²) >= 11 is 0. The Morgan fingerprint density at radius 2 is 2.00 bits per heavy atom. The third-order valence-corrected chi connectivity index (χ3v) is 5.50. The number of carbonyl (C=O) groups excluding carboxylic acids is 1. The summed E-state index contributed by atoms with van der Waals surface area (Å²) in [6, 6.07) is 13.4. The molecule has 0 saturated heterocycles. The molecule has 0 radical (unpaired) electrons. The number of aromatic nitrogens is 2. The number of hydrogen-bond donors (Lipinski definition) is 0. The molecule has 0 N–H and O–H groups in total. The minimum absolute atomic E-state index is 0.171. The molecule has 1 unspecified atom stereocenters. The lowest BCUT2D eigenvalue weighted by molar-refractivity contribution is 0.0729. The van der Waals surface area contributed by atoms with Crippen LogP contribution in [0.4, 0.5) is 0 Å². The maximum Gasteiger partial charge on any atom is 0.276 e. The molecule has 3 aromatic rings. The number of rotatable bonds is 6. The van der Waals surface area contributed by atoms with Crippen molar-refractivity contribution in [3.05, 3.63) is 76.9 Å². The van der Waals surface area contributed by atoms with Crippen molar-refractivity contribution in [2.75, 3.05) is 7.05 Å². The van der Waals surface area contributed by atoms with Gasteiger partial charge in [-0.3, -0.25) is 9.78 Å². The molecule has 0 saturated carbocycles. The molecule has 4 rings (SSSR count). The van der Waals surface area contributed by atoms with E-state index in [-0.39, 0.29) is 24.2 Å². The molecule has 1 aromatic carbocycles. The highest BCUT2D eigenvalue weighted by Gasteiger charge is 2.23. The molecule has 29 heavy (non-hydrogen) atoms. The summed E-state index contributed by atoms with van der Waals surface area (Å²) in [6.45, 7) is 2.17. The van der Waals surface area contributed by atoms with Crippen LogP contribution in [0.15, 0.2) is 53.2 Å². The van der Waals surface area contributed by atoms with Crippen LogP contribution in [0.1, 0.15) is 58.9 Å². The summed E-state index contributed by atoms with van der Waals surface area (Å²) in [7, 11) is 1.74. The molecule has 0 spiro atoms. The number of aryl methyl sites for hydroxylation is 2. The first-order valence-electron chi connectivity index (χ1n) is 10.00. The Morgan fingerprint density at radius 1 is 1.17 bits per heavy atom. The normalized spacial score (nSPS) is 14.1. The number of ether oxygens (including phenoxy) is 1. The lowest BCUT2D eigenvalue weighted by Gasteiger charge is -2.23. The van der Waals surface area contributed by atoms with Crippen LogP contribution in [0.5, 0.6) is 5.75 Å². The van der Waals surface area contributed by atoms with E-state index < -0.39 is 0 Å². The summed E-state index contributed by atoms with van der Waals surface area (Å²) < 4.78 is 11.2. The molecule has 6 heteroatoms. The minimum Gasteiger partial charge on any atom is -0.486 e. The molecule has 1 aliphatic rings. The molecular weight excluding hydrogens is 366 g/mol. The molecule has 2 heterocycles. The van der Waals surface area contributed by atoms with E-state index >= 15 is 0 Å². The monoisotopic (exact) mass is 391 g/mol. The SMILES string of the molecule is CC(c1ccccn1)N(C)C(=O)c1cc(COc2ccc3c(c2)CCCC3)on1. The van der Waals surface area contributed by atoms with E-state index in [0.29, 0.717) is 5.76 Å². The second kappa shape index (κ2) is 8.47. The molecule has 0 fully saturated rings. The Labute approximate surface area is 170 Å². The van der Waals surface area contributed by atoms with Gasteiger partial charge in [0, 0.05) is 19.3 Å². The number of fused-ring (bicyclic) bond motifs is 1. The summed E-state index contributed by atoms with van der Waals surface area (Å²) in [5.74, 6) is 1.12. The highest BCUT2D eigenvalue weighted by Crippen LogP contribution is 2.26. The van der Waals surface area contributed by atoms with Crippen LogP contribution in [0.2, 0.25) is 0 Å². The number of nitrogens with zero attached hydrogens (tertiary/aromatic N) is 3. The third-order valence-electron chi connectivity index (χ3n) is 5.50. The molecule has 1 amide bonds. The van der Waals surface area contributed by atoms with Crippen LogP contribution in [-0.2, 0) is 19.4 Å². The van der Waals surface area contributed by atoms with Gasteiger partial charge in [0.2, 0.25) is 0 Å². The van der Waals surface area contributed by atoms with Crippen LogP contribution in [0.25, 0.3) is 0 Å². The largest absolute Gasteiger partial charge is 0.486 e. The predicted molar refractivity (Wildman–Crippen MR) is 109 cm³/mol. The zero-order valence-corrected chi connectivity index (χ0v) is 16.8. The van der Waals surface area contributed by atoms with Gasteiger partial charge in [-0.05, 0) is 68.0 Å². The van der Waals surface area contributed by atoms with Crippen molar-refractivity contribution in [3.8, 4) is 5.75 Å². The van der Waals surface area contributed by atoms with Crippen molar-refractivity contribution in [2.45, 2.75) is 45.3 Å². The van der Waals surface area contributed by atoms with Gasteiger partial charge in [-0.2, -0.15) is 0 Å². The average molecular weight is 391 g/mol. The summed E-state index contributed by atoms with van der Waals surface area (Å²) in [5, 5.41) is 3.93. The molecular formula is C23H25N3O3. The van der Waals surface area contributed by atoms with Gasteiger partial charge in [0.25, 0.3) is 5.91 Å². The number of hydrogen-bond acceptors (Lipinski definition) is 5. The number of carbonyl (C=O) groups is 1. The van der Waals surface area contributed by atoms with Crippen LogP contribution >= 0.6 is 0 Å². The van der Waals surface area contributed by atoms with Crippen LogP contribution in [-0.4, -0.2) is 28.0 Å². The Hall–Kier alpha value is -3.15. The van der Waals surface area contributed by atoms with Gasteiger partial charge in [-0.25, -0.2) is 0 Å². The minimum atomic E-state index is -0.216. The van der Waals surface area contributed by atoms with E-state index in [4.69, 9.17) is 9.26 Å². The first-order chi connectivity index (χ1) is 14.1. The van der Waals surface area contributed by atoms with E-state index in [1.54, 1.807) is 24.2 Å². The number of amides is 1. The molecule has 6 nitrogen and oxygen atoms in total. The van der Waals surface area contributed by atoms with Crippen molar-refractivity contribution in [2.24, 2.45) is 0 Å². The molecule has 1 aliphatic carbocycles. The number of benzene rings is 1. The average Bonchev–Trinajstić information content (AvgIpc) is 3.25. The van der Waals surface area contributed by atoms with Crippen LogP contribution in [0.3, 0.4) is 0 Å². The number of pyridine rings is 1. The van der Waals surface area contributed by atoms with E-state index in [0.717, 1.165) is 24.3 Å². The molecule has 1 atom stereocenters. The van der Waals surface area contributed by atoms with Crippen molar-refractivity contribution in [1.29, 1.82) is 0 Å². The van der Waals surface area contributed by atoms with Crippen molar-refractivity contribution >= 4 is 5.91 Å². The fourth-order valence-electron chi connectivity index (χ4n) is 3.61. The Kier molecular flexibility index (Phi) is 5.60. The predicted octanol–water partition coefficient (Wildman–Crippen LogP) is 4.36. The van der Waals surface area contributed by atoms with Gasteiger partial charge in [-0.1, -0.05) is 17.3 Å². The van der Waals surface area contributed by atoms with Gasteiger partial charge >= 0.3 is 0 Å². The summed E-state index contributed by atoms with van der Waals surface area (Å²) in [5.41, 5.74) is 3.87. The van der Waals surface area contributed by atoms with E-state index in [1.807, 2.05) is 31.2 Å². The quantitative estimate of drug-likeness (QED) is 0.624. The maximum atomic E-state index is 12.7. The van der Waals surface area contributed by atoms with Gasteiger partial charge in [0.1, 0.15) is 12.4 Å². The summed E-state index contributed by atoms with van der Waals surface area (Å²) in [4.78, 5) is 18.7. The zero-order chi connectivity index (χ0) is 20.2. The van der Waals surface area contributed by atoms with Crippen molar-refractivity contribution in [3.63, 3.8) is 0 Å². The lowest BCUT2D eigenvalue weighted by Crippen LogP contribution is -2.30. The Morgan fingerprint density at radius 3 is 2.79 bits per heavy atom. The van der Waals surface area contributed by atoms with Crippen LogP contribution < -0.4 is 4.74 Å². The first-order valence-corrected chi connectivity index (χ1v) is 10.00. The second-order valence-corrected chi connectivity index (χ2v) is 7.45. The van der Waals surface area contributed by atoms with E-state index in [9.17, 15) is 4.79 Å². The zero-order valence-electron chi connectivity index (χ0n) is 16.8. The van der Waals surface area contributed by atoms with Crippen molar-refractivity contribution < 1.29 is 14.1 Å². The molecule has 0 bridgehead atoms. The van der Waals surface area contributed by atoms with E-state index in [2.05, 4.69) is 22.3 Å². The standard InChI is InChI=1S/C23H25N3O3/c1-16(21-9-5-6-12-24-21)26(2)23(27)22-14-20(29-25-22)15-28-19-11-10-17-7-3-4-8-18(17)13-19/h5-6,9-14,16H,3-4,7-8,15H2,1-2H3. The van der Waals surface area contributed by atoms with E-state index in [1.165, 1.54) is 24.0 Å². The third kappa shape index (κ3) is 4.31. The molecule has 2 aromatic heterocycles. The topological polar surface area (TPSA) is 68.5 Å². The Balaban J connectivity index is 1.38. The van der Waals surface area contributed by atoms with Crippen LogP contribution in [0, 0.1) is 0 Å². The Bertz CT molecular complexity index is 984. The highest BCUT2D eigenvalue weighted by molar-refractivity contribution is 5.92. The first kappa shape index (κ1) is 19.2. The van der Waals surface area contributed by atoms with Gasteiger partial charge in [0.05, 0.1) is 11.7 Å². The van der Waals surface area contributed by atoms with Crippen molar-refractivity contribution in [1.82, 2.24) is 15.0 Å². The maximum absolute atomic E-state index is 12.7. The molecule has 150 valence electrons. The fraction of sp³-hybridized carbons (Fsp3) is 0.348. The molecule has 0 aliphatic heterocycles. The summed E-state index contributed by atoms with van der Waals surface area (Å²) in [6.07, 6.45) is 6.46. The van der Waals surface area contributed by atoms with Gasteiger partial charge in [-0.15, -0.1) is 0 Å². The second-order valence-electron chi connectivity index (χ2n) is 7.45.